The summed E-state index contributed by atoms with van der Waals surface area (Å²) in [6.45, 7) is 3.95. The first-order chi connectivity index (χ1) is 11.4. The molecule has 1 atom stereocenters. The molecule has 124 valence electrons. The predicted molar refractivity (Wildman–Crippen MR) is 95.9 cm³/mol. The summed E-state index contributed by atoms with van der Waals surface area (Å²) in [5, 5.41) is 1.20. The number of rotatable bonds is 3. The minimum Gasteiger partial charge on any atom is -0.300 e. The summed E-state index contributed by atoms with van der Waals surface area (Å²) in [7, 11) is -3.25. The van der Waals surface area contributed by atoms with Crippen molar-refractivity contribution in [2.24, 2.45) is 0 Å². The first-order valence-electron chi connectivity index (χ1n) is 7.74. The van der Waals surface area contributed by atoms with Crippen LogP contribution in [0.5, 0.6) is 0 Å². The van der Waals surface area contributed by atoms with Crippen molar-refractivity contribution in [1.82, 2.24) is 0 Å². The number of carbonyl (C=O) groups excluding carboxylic acids is 1. The molecule has 0 bridgehead atoms. The van der Waals surface area contributed by atoms with Crippen molar-refractivity contribution in [2.75, 3.05) is 10.7 Å². The highest BCUT2D eigenvalue weighted by Crippen LogP contribution is 2.25. The summed E-state index contributed by atoms with van der Waals surface area (Å²) in [5.41, 5.74) is 3.39. The maximum absolute atomic E-state index is 13.1. The van der Waals surface area contributed by atoms with Gasteiger partial charge in [0.2, 0.25) is 0 Å². The Balaban J connectivity index is 2.03. The number of aryl methyl sites for hydroxylation is 2. The summed E-state index contributed by atoms with van der Waals surface area (Å²) in [6, 6.07) is 14.2. The molecular formula is C19H19NO3S. The minimum atomic E-state index is -3.25. The Morgan fingerprint density at radius 3 is 2.33 bits per heavy atom. The third kappa shape index (κ3) is 3.26. The molecule has 24 heavy (non-hydrogen) atoms. The summed E-state index contributed by atoms with van der Waals surface area (Å²) in [6.07, 6.45) is 1.58. The Morgan fingerprint density at radius 1 is 1.04 bits per heavy atom. The van der Waals surface area contributed by atoms with Gasteiger partial charge in [-0.15, -0.1) is 0 Å². The van der Waals surface area contributed by atoms with Crippen LogP contribution in [-0.2, 0) is 9.84 Å². The number of nitrogens with zero attached hydrogens (tertiary/aromatic N) is 1. The molecule has 4 nitrogen and oxygen atoms in total. The van der Waals surface area contributed by atoms with Gasteiger partial charge in [0, 0.05) is 16.7 Å². The second kappa shape index (κ2) is 6.24. The molecule has 0 fully saturated rings. The highest BCUT2D eigenvalue weighted by molar-refractivity contribution is 7.94. The van der Waals surface area contributed by atoms with Gasteiger partial charge in [-0.2, -0.15) is 0 Å². The average Bonchev–Trinajstić information content (AvgIpc) is 2.91. The molecule has 3 rings (SSSR count). The first-order valence-corrected chi connectivity index (χ1v) is 9.46. The zero-order chi connectivity index (χ0) is 17.3. The normalized spacial score (nSPS) is 18.5. The number of para-hydroxylation sites is 1. The van der Waals surface area contributed by atoms with Crippen molar-refractivity contribution in [3.63, 3.8) is 0 Å². The van der Waals surface area contributed by atoms with Crippen LogP contribution in [0.3, 0.4) is 0 Å². The Labute approximate surface area is 142 Å². The van der Waals surface area contributed by atoms with Crippen LogP contribution >= 0.6 is 0 Å². The van der Waals surface area contributed by atoms with Crippen LogP contribution in [0.15, 0.2) is 60.0 Å². The monoisotopic (exact) mass is 341 g/mol. The van der Waals surface area contributed by atoms with Gasteiger partial charge in [0.25, 0.3) is 5.91 Å². The van der Waals surface area contributed by atoms with Gasteiger partial charge in [-0.25, -0.2) is 8.42 Å². The van der Waals surface area contributed by atoms with Crippen LogP contribution in [0.2, 0.25) is 0 Å². The molecule has 1 aliphatic heterocycles. The van der Waals surface area contributed by atoms with Crippen molar-refractivity contribution in [3.8, 4) is 0 Å². The van der Waals surface area contributed by atoms with Crippen molar-refractivity contribution in [1.29, 1.82) is 0 Å². The number of hydrogen-bond acceptors (Lipinski definition) is 3. The lowest BCUT2D eigenvalue weighted by Gasteiger charge is -2.28. The van der Waals surface area contributed by atoms with Gasteiger partial charge in [0.05, 0.1) is 11.8 Å². The van der Waals surface area contributed by atoms with Gasteiger partial charge in [0.1, 0.15) is 0 Å². The maximum atomic E-state index is 13.1. The summed E-state index contributed by atoms with van der Waals surface area (Å²) < 4.78 is 23.6. The van der Waals surface area contributed by atoms with E-state index in [1.807, 2.05) is 56.3 Å². The molecular weight excluding hydrogens is 322 g/mol. The second-order valence-electron chi connectivity index (χ2n) is 6.04. The number of hydrogen-bond donors (Lipinski definition) is 0. The molecule has 0 aromatic heterocycles. The Kier molecular flexibility index (Phi) is 4.28. The third-order valence-corrected chi connectivity index (χ3v) is 5.63. The van der Waals surface area contributed by atoms with Crippen LogP contribution < -0.4 is 4.90 Å². The van der Waals surface area contributed by atoms with Crippen molar-refractivity contribution >= 4 is 21.4 Å². The van der Waals surface area contributed by atoms with E-state index >= 15 is 0 Å². The number of sulfone groups is 1. The van der Waals surface area contributed by atoms with Crippen LogP contribution in [-0.4, -0.2) is 26.1 Å². The van der Waals surface area contributed by atoms with Crippen LogP contribution in [0.25, 0.3) is 0 Å². The highest BCUT2D eigenvalue weighted by atomic mass is 32.2. The Morgan fingerprint density at radius 2 is 1.75 bits per heavy atom. The van der Waals surface area contributed by atoms with E-state index in [0.717, 1.165) is 11.1 Å². The molecule has 0 spiro atoms. The first kappa shape index (κ1) is 16.5. The van der Waals surface area contributed by atoms with Crippen LogP contribution in [0, 0.1) is 13.8 Å². The molecule has 1 heterocycles. The van der Waals surface area contributed by atoms with Gasteiger partial charge < -0.3 is 4.90 Å². The van der Waals surface area contributed by atoms with Gasteiger partial charge in [-0.1, -0.05) is 24.3 Å². The van der Waals surface area contributed by atoms with E-state index in [1.165, 1.54) is 5.41 Å². The lowest BCUT2D eigenvalue weighted by molar-refractivity contribution is 0.0983. The number of anilines is 1. The summed E-state index contributed by atoms with van der Waals surface area (Å²) >= 11 is 0. The Bertz CT molecular complexity index is 901. The largest absolute Gasteiger partial charge is 0.300 e. The molecule has 2 aromatic rings. The smallest absolute Gasteiger partial charge is 0.258 e. The number of carbonyl (C=O) groups is 1. The predicted octanol–water partition coefficient (Wildman–Crippen LogP) is 3.26. The lowest BCUT2D eigenvalue weighted by Crippen LogP contribution is -2.41. The highest BCUT2D eigenvalue weighted by Gasteiger charge is 2.31. The SMILES string of the molecule is Cc1ccc(C(=O)N(c2ccccc2)[C@H]2C=CS(=O)(=O)C2)cc1C. The Hall–Kier alpha value is -2.40. The van der Waals surface area contributed by atoms with E-state index in [2.05, 4.69) is 0 Å². The minimum absolute atomic E-state index is 0.0848. The average molecular weight is 341 g/mol. The fraction of sp³-hybridized carbons (Fsp3) is 0.211. The fourth-order valence-corrected chi connectivity index (χ4v) is 4.05. The van der Waals surface area contributed by atoms with Crippen molar-refractivity contribution < 1.29 is 13.2 Å². The van der Waals surface area contributed by atoms with E-state index in [9.17, 15) is 13.2 Å². The van der Waals surface area contributed by atoms with Gasteiger partial charge in [0.15, 0.2) is 9.84 Å². The van der Waals surface area contributed by atoms with Crippen molar-refractivity contribution in [2.45, 2.75) is 19.9 Å². The van der Waals surface area contributed by atoms with Gasteiger partial charge in [-0.05, 0) is 55.3 Å². The molecule has 1 amide bonds. The second-order valence-corrected chi connectivity index (χ2v) is 7.97. The van der Waals surface area contributed by atoms with E-state index in [0.29, 0.717) is 11.3 Å². The molecule has 0 aliphatic carbocycles. The summed E-state index contributed by atoms with van der Waals surface area (Å²) in [4.78, 5) is 14.7. The van der Waals surface area contributed by atoms with Crippen LogP contribution in [0.4, 0.5) is 5.69 Å². The molecule has 0 N–H and O–H groups in total. The standard InChI is InChI=1S/C19H19NO3S/c1-14-8-9-16(12-15(14)2)19(21)20(17-6-4-3-5-7-17)18-10-11-24(22,23)13-18/h3-12,18H,13H2,1-2H3/t18-/m0/s1. The molecule has 0 unspecified atom stereocenters. The molecule has 2 aromatic carbocycles. The van der Waals surface area contributed by atoms with Gasteiger partial charge >= 0.3 is 0 Å². The molecule has 0 saturated carbocycles. The molecule has 5 heteroatoms. The van der Waals surface area contributed by atoms with Gasteiger partial charge in [-0.3, -0.25) is 4.79 Å². The topological polar surface area (TPSA) is 54.5 Å². The van der Waals surface area contributed by atoms with Crippen molar-refractivity contribution in [3.05, 3.63) is 76.7 Å². The number of amides is 1. The molecule has 0 saturated heterocycles. The quantitative estimate of drug-likeness (QED) is 0.861. The molecule has 1 aliphatic rings. The third-order valence-electron chi connectivity index (χ3n) is 4.25. The summed E-state index contributed by atoms with van der Waals surface area (Å²) in [5.74, 6) is -0.283. The van der Waals surface area contributed by atoms with E-state index in [1.54, 1.807) is 17.0 Å². The van der Waals surface area contributed by atoms with E-state index < -0.39 is 15.9 Å². The van der Waals surface area contributed by atoms with Crippen LogP contribution in [0.1, 0.15) is 21.5 Å². The molecule has 0 radical (unpaired) electrons. The number of benzene rings is 2. The maximum Gasteiger partial charge on any atom is 0.258 e. The van der Waals surface area contributed by atoms with E-state index in [4.69, 9.17) is 0 Å². The zero-order valence-electron chi connectivity index (χ0n) is 13.6. The van der Waals surface area contributed by atoms with E-state index in [-0.39, 0.29) is 11.7 Å². The fourth-order valence-electron chi connectivity index (χ4n) is 2.78. The lowest BCUT2D eigenvalue weighted by atomic mass is 10.0. The zero-order valence-corrected chi connectivity index (χ0v) is 14.5.